The van der Waals surface area contributed by atoms with Crippen LogP contribution in [0.25, 0.3) is 0 Å². The molecule has 0 saturated carbocycles. The Bertz CT molecular complexity index is 647. The Morgan fingerprint density at radius 2 is 1.64 bits per heavy atom. The van der Waals surface area contributed by atoms with Gasteiger partial charge in [-0.15, -0.1) is 0 Å². The van der Waals surface area contributed by atoms with Crippen LogP contribution in [0.3, 0.4) is 0 Å². The second kappa shape index (κ2) is 6.82. The summed E-state index contributed by atoms with van der Waals surface area (Å²) in [5.74, 6) is 1.12. The molecular formula is C18H24N2O5. The SMILES string of the molecule is CC(C)(C)OC(=O)N1CCN(C(=O)C2COc3ccccc3O2)CC1. The first kappa shape index (κ1) is 17.4. The number of carbonyl (C=O) groups excluding carboxylic acids is 2. The lowest BCUT2D eigenvalue weighted by atomic mass is 10.2. The lowest BCUT2D eigenvalue weighted by molar-refractivity contribution is -0.143. The molecule has 2 heterocycles. The fourth-order valence-electron chi connectivity index (χ4n) is 2.78. The summed E-state index contributed by atoms with van der Waals surface area (Å²) in [6, 6.07) is 7.31. The zero-order valence-corrected chi connectivity index (χ0v) is 14.9. The van der Waals surface area contributed by atoms with Crippen LogP contribution in [0.1, 0.15) is 20.8 Å². The van der Waals surface area contributed by atoms with Gasteiger partial charge in [-0.2, -0.15) is 0 Å². The van der Waals surface area contributed by atoms with E-state index in [1.807, 2.05) is 39.0 Å². The first-order chi connectivity index (χ1) is 11.8. The molecule has 0 spiro atoms. The summed E-state index contributed by atoms with van der Waals surface area (Å²) >= 11 is 0. The van der Waals surface area contributed by atoms with Gasteiger partial charge in [0.05, 0.1) is 0 Å². The Hall–Kier alpha value is -2.44. The number of piperazine rings is 1. The Morgan fingerprint density at radius 1 is 1.04 bits per heavy atom. The molecule has 1 aromatic rings. The van der Waals surface area contributed by atoms with Gasteiger partial charge in [-0.3, -0.25) is 4.79 Å². The predicted molar refractivity (Wildman–Crippen MR) is 90.7 cm³/mol. The second-order valence-corrected chi connectivity index (χ2v) is 7.16. The fraction of sp³-hybridized carbons (Fsp3) is 0.556. The number of hydrogen-bond donors (Lipinski definition) is 0. The standard InChI is InChI=1S/C18H24N2O5/c1-18(2,3)25-17(22)20-10-8-19(9-11-20)16(21)15-12-23-13-6-4-5-7-14(13)24-15/h4-7,15H,8-12H2,1-3H3. The van der Waals surface area contributed by atoms with Crippen molar-refractivity contribution in [2.45, 2.75) is 32.5 Å². The molecular weight excluding hydrogens is 324 g/mol. The highest BCUT2D eigenvalue weighted by Crippen LogP contribution is 2.31. The average molecular weight is 348 g/mol. The molecule has 2 aliphatic heterocycles. The summed E-state index contributed by atoms with van der Waals surface area (Å²) in [5, 5.41) is 0. The molecule has 0 bridgehead atoms. The molecule has 0 radical (unpaired) electrons. The maximum absolute atomic E-state index is 12.7. The van der Waals surface area contributed by atoms with E-state index in [4.69, 9.17) is 14.2 Å². The maximum atomic E-state index is 12.7. The van der Waals surface area contributed by atoms with E-state index in [1.165, 1.54) is 0 Å². The molecule has 1 atom stereocenters. The van der Waals surface area contributed by atoms with Crippen molar-refractivity contribution < 1.29 is 23.8 Å². The molecule has 1 aromatic carbocycles. The van der Waals surface area contributed by atoms with Crippen molar-refractivity contribution in [3.05, 3.63) is 24.3 Å². The van der Waals surface area contributed by atoms with Gasteiger partial charge in [0.25, 0.3) is 5.91 Å². The minimum absolute atomic E-state index is 0.113. The van der Waals surface area contributed by atoms with Gasteiger partial charge in [0.15, 0.2) is 11.5 Å². The van der Waals surface area contributed by atoms with Crippen LogP contribution in [0, 0.1) is 0 Å². The van der Waals surface area contributed by atoms with Crippen LogP contribution in [-0.4, -0.2) is 66.3 Å². The third kappa shape index (κ3) is 4.15. The van der Waals surface area contributed by atoms with Crippen LogP contribution < -0.4 is 9.47 Å². The van der Waals surface area contributed by atoms with E-state index >= 15 is 0 Å². The molecule has 3 rings (SSSR count). The van der Waals surface area contributed by atoms with Crippen molar-refractivity contribution in [3.8, 4) is 11.5 Å². The molecule has 2 aliphatic rings. The number of ether oxygens (including phenoxy) is 3. The summed E-state index contributed by atoms with van der Waals surface area (Å²) < 4.78 is 16.7. The molecule has 25 heavy (non-hydrogen) atoms. The van der Waals surface area contributed by atoms with Gasteiger partial charge in [0, 0.05) is 26.2 Å². The number of carbonyl (C=O) groups is 2. The molecule has 7 nitrogen and oxygen atoms in total. The summed E-state index contributed by atoms with van der Waals surface area (Å²) in [7, 11) is 0. The molecule has 2 amide bonds. The van der Waals surface area contributed by atoms with E-state index in [9.17, 15) is 9.59 Å². The quantitative estimate of drug-likeness (QED) is 0.775. The normalized spacial score (nSPS) is 20.2. The first-order valence-electron chi connectivity index (χ1n) is 8.49. The summed E-state index contributed by atoms with van der Waals surface area (Å²) in [6.45, 7) is 7.52. The van der Waals surface area contributed by atoms with Crippen LogP contribution in [-0.2, 0) is 9.53 Å². The highest BCUT2D eigenvalue weighted by molar-refractivity contribution is 5.82. The predicted octanol–water partition coefficient (Wildman–Crippen LogP) is 1.91. The monoisotopic (exact) mass is 348 g/mol. The topological polar surface area (TPSA) is 68.3 Å². The van der Waals surface area contributed by atoms with Crippen LogP contribution in [0.2, 0.25) is 0 Å². The molecule has 136 valence electrons. The minimum atomic E-state index is -0.650. The third-order valence-electron chi connectivity index (χ3n) is 4.03. The number of nitrogens with zero attached hydrogens (tertiary/aromatic N) is 2. The highest BCUT2D eigenvalue weighted by atomic mass is 16.6. The van der Waals surface area contributed by atoms with Gasteiger partial charge in [-0.1, -0.05) is 12.1 Å². The van der Waals surface area contributed by atoms with Crippen molar-refractivity contribution >= 4 is 12.0 Å². The molecule has 1 unspecified atom stereocenters. The smallest absolute Gasteiger partial charge is 0.410 e. The lowest BCUT2D eigenvalue weighted by Crippen LogP contribution is -2.55. The van der Waals surface area contributed by atoms with E-state index in [0.717, 1.165) is 0 Å². The summed E-state index contributed by atoms with van der Waals surface area (Å²) in [6.07, 6.45) is -0.992. The van der Waals surface area contributed by atoms with Crippen LogP contribution in [0.4, 0.5) is 4.79 Å². The summed E-state index contributed by atoms with van der Waals surface area (Å²) in [4.78, 5) is 28.1. The third-order valence-corrected chi connectivity index (χ3v) is 4.03. The van der Waals surface area contributed by atoms with Crippen molar-refractivity contribution in [2.75, 3.05) is 32.8 Å². The van der Waals surface area contributed by atoms with Crippen molar-refractivity contribution in [3.63, 3.8) is 0 Å². The lowest BCUT2D eigenvalue weighted by Gasteiger charge is -2.37. The van der Waals surface area contributed by atoms with Gasteiger partial charge in [0.2, 0.25) is 6.10 Å². The van der Waals surface area contributed by atoms with Gasteiger partial charge < -0.3 is 24.0 Å². The highest BCUT2D eigenvalue weighted by Gasteiger charge is 2.34. The number of benzene rings is 1. The largest absolute Gasteiger partial charge is 0.485 e. The molecule has 1 fully saturated rings. The second-order valence-electron chi connectivity index (χ2n) is 7.16. The zero-order chi connectivity index (χ0) is 18.0. The number of rotatable bonds is 1. The van der Waals surface area contributed by atoms with Gasteiger partial charge in [0.1, 0.15) is 12.2 Å². The maximum Gasteiger partial charge on any atom is 0.410 e. The Balaban J connectivity index is 1.53. The molecule has 0 aromatic heterocycles. The summed E-state index contributed by atoms with van der Waals surface area (Å²) in [5.41, 5.74) is -0.523. The van der Waals surface area contributed by atoms with E-state index in [-0.39, 0.29) is 18.6 Å². The Morgan fingerprint density at radius 3 is 2.28 bits per heavy atom. The number of para-hydroxylation sites is 2. The minimum Gasteiger partial charge on any atom is -0.485 e. The van der Waals surface area contributed by atoms with E-state index in [2.05, 4.69) is 0 Å². The van der Waals surface area contributed by atoms with Gasteiger partial charge in [-0.05, 0) is 32.9 Å². The number of fused-ring (bicyclic) bond motifs is 1. The number of hydrogen-bond acceptors (Lipinski definition) is 5. The van der Waals surface area contributed by atoms with Crippen molar-refractivity contribution in [1.29, 1.82) is 0 Å². The Labute approximate surface area is 147 Å². The van der Waals surface area contributed by atoms with Gasteiger partial charge in [-0.25, -0.2) is 4.79 Å². The van der Waals surface area contributed by atoms with E-state index in [1.54, 1.807) is 15.9 Å². The number of amides is 2. The molecule has 0 N–H and O–H groups in total. The van der Waals surface area contributed by atoms with Crippen LogP contribution in [0.5, 0.6) is 11.5 Å². The average Bonchev–Trinajstić information content (AvgIpc) is 2.59. The first-order valence-corrected chi connectivity index (χ1v) is 8.49. The fourth-order valence-corrected chi connectivity index (χ4v) is 2.78. The van der Waals surface area contributed by atoms with Crippen LogP contribution in [0.15, 0.2) is 24.3 Å². The molecule has 0 aliphatic carbocycles. The van der Waals surface area contributed by atoms with Crippen molar-refractivity contribution in [1.82, 2.24) is 9.80 Å². The van der Waals surface area contributed by atoms with Gasteiger partial charge >= 0.3 is 6.09 Å². The van der Waals surface area contributed by atoms with E-state index in [0.29, 0.717) is 37.7 Å². The molecule has 1 saturated heterocycles. The molecule has 7 heteroatoms. The zero-order valence-electron chi connectivity index (χ0n) is 14.9. The Kier molecular flexibility index (Phi) is 4.74. The van der Waals surface area contributed by atoms with Crippen LogP contribution >= 0.6 is 0 Å². The van der Waals surface area contributed by atoms with Crippen molar-refractivity contribution in [2.24, 2.45) is 0 Å². The van der Waals surface area contributed by atoms with E-state index < -0.39 is 11.7 Å².